The number of rotatable bonds is 6. The molecule has 2 rings (SSSR count). The predicted molar refractivity (Wildman–Crippen MR) is 87.0 cm³/mol. The molecular formula is C15H20ClNO5S. The molecule has 0 N–H and O–H groups in total. The number of nitrogens with zero attached hydrogens (tertiary/aromatic N) is 1. The molecule has 1 aliphatic heterocycles. The molecule has 1 aromatic rings. The first-order valence-corrected chi connectivity index (χ1v) is 9.22. The van der Waals surface area contributed by atoms with Crippen molar-refractivity contribution < 1.29 is 22.8 Å². The van der Waals surface area contributed by atoms with Crippen LogP contribution in [0.5, 0.6) is 5.75 Å². The molecule has 0 unspecified atom stereocenters. The van der Waals surface area contributed by atoms with E-state index in [-0.39, 0.29) is 18.6 Å². The standard InChI is InChI=1S/C15H20ClNO5S/c1-21-13-5-3-12(4-6-13)11-23(19,20)15(14(16)18)7-9-17(22-2)10-8-15/h3-6H,7-11H2,1-2H3. The van der Waals surface area contributed by atoms with Crippen LogP contribution in [0.4, 0.5) is 0 Å². The molecule has 0 spiro atoms. The van der Waals surface area contributed by atoms with Gasteiger partial charge in [0.15, 0.2) is 9.84 Å². The van der Waals surface area contributed by atoms with Gasteiger partial charge in [-0.2, -0.15) is 5.06 Å². The normalized spacial score (nSPS) is 18.6. The van der Waals surface area contributed by atoms with Crippen LogP contribution >= 0.6 is 11.6 Å². The molecule has 6 nitrogen and oxygen atoms in total. The average Bonchev–Trinajstić information content (AvgIpc) is 2.55. The van der Waals surface area contributed by atoms with E-state index in [1.165, 1.54) is 14.2 Å². The van der Waals surface area contributed by atoms with Crippen molar-refractivity contribution >= 4 is 26.7 Å². The summed E-state index contributed by atoms with van der Waals surface area (Å²) in [6.45, 7) is 0.688. The highest BCUT2D eigenvalue weighted by molar-refractivity contribution is 7.93. The number of halogens is 1. The first kappa shape index (κ1) is 18.2. The predicted octanol–water partition coefficient (Wildman–Crippen LogP) is 1.77. The van der Waals surface area contributed by atoms with Crippen molar-refractivity contribution in [1.29, 1.82) is 0 Å². The van der Waals surface area contributed by atoms with Gasteiger partial charge in [0, 0.05) is 13.1 Å². The van der Waals surface area contributed by atoms with Gasteiger partial charge in [0.05, 0.1) is 20.0 Å². The summed E-state index contributed by atoms with van der Waals surface area (Å²) in [7, 11) is -0.700. The van der Waals surface area contributed by atoms with E-state index in [2.05, 4.69) is 0 Å². The Morgan fingerprint density at radius 1 is 1.22 bits per heavy atom. The van der Waals surface area contributed by atoms with Gasteiger partial charge in [-0.25, -0.2) is 8.42 Å². The fourth-order valence-electron chi connectivity index (χ4n) is 2.74. The number of methoxy groups -OCH3 is 1. The number of hydrogen-bond acceptors (Lipinski definition) is 6. The van der Waals surface area contributed by atoms with E-state index in [9.17, 15) is 13.2 Å². The van der Waals surface area contributed by atoms with Crippen molar-refractivity contribution in [2.45, 2.75) is 23.3 Å². The molecule has 0 aliphatic carbocycles. The van der Waals surface area contributed by atoms with E-state index in [0.717, 1.165) is 0 Å². The first-order valence-electron chi connectivity index (χ1n) is 7.19. The number of piperidine rings is 1. The molecule has 1 saturated heterocycles. The van der Waals surface area contributed by atoms with E-state index in [4.69, 9.17) is 21.2 Å². The molecule has 1 heterocycles. The number of hydroxylamine groups is 2. The van der Waals surface area contributed by atoms with Crippen LogP contribution in [-0.2, 0) is 25.2 Å². The summed E-state index contributed by atoms with van der Waals surface area (Å²) in [6.07, 6.45) is 0.253. The fraction of sp³-hybridized carbons (Fsp3) is 0.533. The molecule has 1 aliphatic rings. The molecule has 0 amide bonds. The highest BCUT2D eigenvalue weighted by Crippen LogP contribution is 2.35. The Bertz CT molecular complexity index is 651. The maximum Gasteiger partial charge on any atom is 0.243 e. The lowest BCUT2D eigenvalue weighted by atomic mass is 9.98. The number of hydrogen-bond donors (Lipinski definition) is 0. The molecule has 1 fully saturated rings. The highest BCUT2D eigenvalue weighted by Gasteiger charge is 2.51. The molecule has 1 aromatic carbocycles. The van der Waals surface area contributed by atoms with Crippen molar-refractivity contribution in [3.8, 4) is 5.75 Å². The molecule has 23 heavy (non-hydrogen) atoms. The Labute approximate surface area is 141 Å². The van der Waals surface area contributed by atoms with Gasteiger partial charge in [-0.15, -0.1) is 0 Å². The van der Waals surface area contributed by atoms with Gasteiger partial charge in [-0.3, -0.25) is 4.79 Å². The summed E-state index contributed by atoms with van der Waals surface area (Å²) in [4.78, 5) is 17.1. The van der Waals surface area contributed by atoms with Gasteiger partial charge in [0.2, 0.25) is 5.24 Å². The van der Waals surface area contributed by atoms with E-state index in [1.54, 1.807) is 29.3 Å². The van der Waals surface area contributed by atoms with Crippen LogP contribution in [0.1, 0.15) is 18.4 Å². The molecule has 0 radical (unpaired) electrons. The zero-order valence-electron chi connectivity index (χ0n) is 13.1. The molecule has 128 valence electrons. The average molecular weight is 362 g/mol. The lowest BCUT2D eigenvalue weighted by Gasteiger charge is -2.37. The summed E-state index contributed by atoms with van der Waals surface area (Å²) in [5.74, 6) is 0.408. The third-order valence-electron chi connectivity index (χ3n) is 4.26. The van der Waals surface area contributed by atoms with E-state index in [0.29, 0.717) is 24.4 Å². The summed E-state index contributed by atoms with van der Waals surface area (Å²) >= 11 is 5.71. The molecule has 0 saturated carbocycles. The summed E-state index contributed by atoms with van der Waals surface area (Å²) in [6, 6.07) is 6.72. The van der Waals surface area contributed by atoms with Crippen LogP contribution < -0.4 is 4.74 Å². The van der Waals surface area contributed by atoms with E-state index in [1.807, 2.05) is 0 Å². The van der Waals surface area contributed by atoms with Gasteiger partial charge in [-0.1, -0.05) is 12.1 Å². The second kappa shape index (κ2) is 7.17. The highest BCUT2D eigenvalue weighted by atomic mass is 35.5. The van der Waals surface area contributed by atoms with Crippen LogP contribution in [0.25, 0.3) is 0 Å². The summed E-state index contributed by atoms with van der Waals surface area (Å²) in [5, 5.41) is 0.808. The van der Waals surface area contributed by atoms with Crippen LogP contribution in [0.15, 0.2) is 24.3 Å². The SMILES string of the molecule is COc1ccc(CS(=O)(=O)C2(C(=O)Cl)CCN(OC)CC2)cc1. The first-order chi connectivity index (χ1) is 10.8. The lowest BCUT2D eigenvalue weighted by Crippen LogP contribution is -2.53. The van der Waals surface area contributed by atoms with Gasteiger partial charge >= 0.3 is 0 Å². The Balaban J connectivity index is 2.25. The second-order valence-corrected chi connectivity index (χ2v) is 8.13. The van der Waals surface area contributed by atoms with Crippen molar-refractivity contribution in [3.05, 3.63) is 29.8 Å². The number of carbonyl (C=O) groups is 1. The molecule has 0 bridgehead atoms. The Morgan fingerprint density at radius 3 is 2.22 bits per heavy atom. The number of carbonyl (C=O) groups excluding carboxylic acids is 1. The van der Waals surface area contributed by atoms with Crippen molar-refractivity contribution in [3.63, 3.8) is 0 Å². The zero-order chi connectivity index (χ0) is 17.1. The summed E-state index contributed by atoms with van der Waals surface area (Å²) in [5.41, 5.74) is 0.595. The maximum atomic E-state index is 12.9. The largest absolute Gasteiger partial charge is 0.497 e. The van der Waals surface area contributed by atoms with Gasteiger partial charge in [0.1, 0.15) is 10.5 Å². The minimum atomic E-state index is -3.75. The van der Waals surface area contributed by atoms with Crippen LogP contribution in [0.3, 0.4) is 0 Å². The Hall–Kier alpha value is -1.15. The molecular weight excluding hydrogens is 342 g/mol. The Morgan fingerprint density at radius 2 is 1.78 bits per heavy atom. The van der Waals surface area contributed by atoms with Crippen molar-refractivity contribution in [2.24, 2.45) is 0 Å². The van der Waals surface area contributed by atoms with Gasteiger partial charge < -0.3 is 9.57 Å². The molecule has 8 heteroatoms. The number of benzene rings is 1. The van der Waals surface area contributed by atoms with Gasteiger partial charge in [0.25, 0.3) is 0 Å². The monoisotopic (exact) mass is 361 g/mol. The number of sulfone groups is 1. The minimum absolute atomic E-state index is 0.127. The van der Waals surface area contributed by atoms with Crippen molar-refractivity contribution in [2.75, 3.05) is 27.3 Å². The van der Waals surface area contributed by atoms with Crippen LogP contribution in [-0.4, -0.2) is 50.8 Å². The van der Waals surface area contributed by atoms with E-state index >= 15 is 0 Å². The van der Waals surface area contributed by atoms with Gasteiger partial charge in [-0.05, 0) is 42.1 Å². The van der Waals surface area contributed by atoms with E-state index < -0.39 is 19.8 Å². The smallest absolute Gasteiger partial charge is 0.243 e. The quantitative estimate of drug-likeness (QED) is 0.719. The Kier molecular flexibility index (Phi) is 5.67. The maximum absolute atomic E-state index is 12.9. The lowest BCUT2D eigenvalue weighted by molar-refractivity contribution is -0.148. The third-order valence-corrected chi connectivity index (χ3v) is 7.23. The molecule has 0 aromatic heterocycles. The zero-order valence-corrected chi connectivity index (χ0v) is 14.7. The summed E-state index contributed by atoms with van der Waals surface area (Å²) < 4.78 is 29.2. The molecule has 0 atom stereocenters. The minimum Gasteiger partial charge on any atom is -0.497 e. The van der Waals surface area contributed by atoms with Crippen LogP contribution in [0.2, 0.25) is 0 Å². The van der Waals surface area contributed by atoms with Crippen LogP contribution in [0, 0.1) is 0 Å². The number of ether oxygens (including phenoxy) is 1. The fourth-order valence-corrected chi connectivity index (χ4v) is 5.24. The second-order valence-electron chi connectivity index (χ2n) is 5.49. The topological polar surface area (TPSA) is 72.9 Å². The van der Waals surface area contributed by atoms with Crippen molar-refractivity contribution in [1.82, 2.24) is 5.06 Å². The third kappa shape index (κ3) is 3.68.